The standard InChI is InChI=1S/C13H12BrClSi/c14-11-16(15,12-7-3-1-4-8-12)13-9-5-2-6-10-13/h1-10H,11H2. The summed E-state index contributed by atoms with van der Waals surface area (Å²) in [5.74, 6) is 0. The van der Waals surface area contributed by atoms with Crippen LogP contribution in [0.25, 0.3) is 0 Å². The van der Waals surface area contributed by atoms with Crippen LogP contribution in [0.2, 0.25) is 0 Å². The molecule has 0 spiro atoms. The number of rotatable bonds is 3. The smallest absolute Gasteiger partial charge is 0.154 e. The lowest BCUT2D eigenvalue weighted by atomic mass is 10.4. The van der Waals surface area contributed by atoms with Crippen LogP contribution in [0.15, 0.2) is 60.7 Å². The first-order valence-electron chi connectivity index (χ1n) is 5.13. The second-order valence-corrected chi connectivity index (χ2v) is 10.3. The van der Waals surface area contributed by atoms with Crippen molar-refractivity contribution >= 4 is 44.8 Å². The lowest BCUT2D eigenvalue weighted by Crippen LogP contribution is -2.55. The highest BCUT2D eigenvalue weighted by Gasteiger charge is 2.33. The molecule has 0 aliphatic heterocycles. The van der Waals surface area contributed by atoms with Gasteiger partial charge in [-0.05, 0) is 10.4 Å². The molecule has 0 bridgehead atoms. The molecule has 16 heavy (non-hydrogen) atoms. The van der Waals surface area contributed by atoms with Gasteiger partial charge in [0.1, 0.15) is 0 Å². The summed E-state index contributed by atoms with van der Waals surface area (Å²) >= 11 is 10.4. The molecule has 0 unspecified atom stereocenters. The van der Waals surface area contributed by atoms with Gasteiger partial charge in [-0.3, -0.25) is 0 Å². The monoisotopic (exact) mass is 310 g/mol. The summed E-state index contributed by atoms with van der Waals surface area (Å²) < 4.78 is 0. The quantitative estimate of drug-likeness (QED) is 0.464. The largest absolute Gasteiger partial charge is 0.227 e. The second kappa shape index (κ2) is 5.17. The summed E-state index contributed by atoms with van der Waals surface area (Å²) in [6.45, 7) is 0. The minimum Gasteiger partial charge on any atom is -0.154 e. The van der Waals surface area contributed by atoms with Crippen molar-refractivity contribution in [3.8, 4) is 0 Å². The van der Waals surface area contributed by atoms with Gasteiger partial charge in [-0.1, -0.05) is 76.6 Å². The van der Waals surface area contributed by atoms with Crippen LogP contribution in [0.1, 0.15) is 0 Å². The van der Waals surface area contributed by atoms with Gasteiger partial charge in [0.05, 0.1) is 0 Å². The predicted molar refractivity (Wildman–Crippen MR) is 77.6 cm³/mol. The van der Waals surface area contributed by atoms with Crippen LogP contribution in [0.4, 0.5) is 0 Å². The van der Waals surface area contributed by atoms with E-state index in [4.69, 9.17) is 11.1 Å². The van der Waals surface area contributed by atoms with Crippen LogP contribution in [-0.4, -0.2) is 12.3 Å². The Hall–Kier alpha value is -0.573. The average Bonchev–Trinajstić information content (AvgIpc) is 2.40. The number of benzene rings is 2. The molecule has 2 aromatic carbocycles. The first kappa shape index (κ1) is 11.9. The van der Waals surface area contributed by atoms with Crippen molar-refractivity contribution in [3.05, 3.63) is 60.7 Å². The fourth-order valence-corrected chi connectivity index (χ4v) is 6.51. The fourth-order valence-electron chi connectivity index (χ4n) is 1.73. The summed E-state index contributed by atoms with van der Waals surface area (Å²) in [7, 11) is -2.09. The van der Waals surface area contributed by atoms with Gasteiger partial charge in [-0.25, -0.2) is 0 Å². The maximum absolute atomic E-state index is 6.87. The molecule has 0 fully saturated rings. The summed E-state index contributed by atoms with van der Waals surface area (Å²) in [4.78, 5) is 0.829. The number of hydrogen-bond donors (Lipinski definition) is 0. The van der Waals surface area contributed by atoms with Crippen molar-refractivity contribution in [2.45, 2.75) is 0 Å². The topological polar surface area (TPSA) is 0 Å². The van der Waals surface area contributed by atoms with Crippen molar-refractivity contribution in [2.24, 2.45) is 0 Å². The molecule has 0 amide bonds. The van der Waals surface area contributed by atoms with Crippen molar-refractivity contribution in [1.29, 1.82) is 0 Å². The van der Waals surface area contributed by atoms with Gasteiger partial charge in [-0.2, -0.15) is 11.1 Å². The lowest BCUT2D eigenvalue weighted by molar-refractivity contribution is 1.71. The Balaban J connectivity index is 2.49. The van der Waals surface area contributed by atoms with Crippen LogP contribution in [0.5, 0.6) is 0 Å². The van der Waals surface area contributed by atoms with Gasteiger partial charge in [0.15, 0.2) is 0 Å². The summed E-state index contributed by atoms with van der Waals surface area (Å²) in [6.07, 6.45) is 0. The first-order chi connectivity index (χ1) is 7.77. The summed E-state index contributed by atoms with van der Waals surface area (Å²) in [6, 6.07) is 20.7. The molecule has 0 saturated carbocycles. The van der Waals surface area contributed by atoms with Gasteiger partial charge in [0, 0.05) is 4.95 Å². The molecule has 2 aromatic rings. The van der Waals surface area contributed by atoms with E-state index in [-0.39, 0.29) is 0 Å². The third kappa shape index (κ3) is 2.24. The molecule has 0 heterocycles. The van der Waals surface area contributed by atoms with E-state index < -0.39 is 7.38 Å². The summed E-state index contributed by atoms with van der Waals surface area (Å²) in [5.41, 5.74) is 0. The Labute approximate surface area is 110 Å². The second-order valence-electron chi connectivity index (χ2n) is 3.67. The zero-order valence-corrected chi connectivity index (χ0v) is 12.1. The third-order valence-electron chi connectivity index (χ3n) is 2.65. The molecule has 0 aliphatic carbocycles. The van der Waals surface area contributed by atoms with Gasteiger partial charge < -0.3 is 0 Å². The molecule has 0 atom stereocenters. The van der Waals surface area contributed by atoms with E-state index in [1.165, 1.54) is 10.4 Å². The van der Waals surface area contributed by atoms with E-state index >= 15 is 0 Å². The highest BCUT2D eigenvalue weighted by molar-refractivity contribution is 9.10. The number of halogens is 2. The SMILES string of the molecule is Cl[Si](CBr)(c1ccccc1)c1ccccc1. The van der Waals surface area contributed by atoms with Crippen molar-refractivity contribution in [1.82, 2.24) is 0 Å². The van der Waals surface area contributed by atoms with Crippen LogP contribution >= 0.6 is 27.0 Å². The van der Waals surface area contributed by atoms with Gasteiger partial charge >= 0.3 is 0 Å². The third-order valence-corrected chi connectivity index (χ3v) is 10.7. The molecule has 2 rings (SSSR count). The Kier molecular flexibility index (Phi) is 3.85. The van der Waals surface area contributed by atoms with Crippen LogP contribution < -0.4 is 10.4 Å². The molecule has 0 aromatic heterocycles. The van der Waals surface area contributed by atoms with E-state index in [0.717, 1.165) is 4.95 Å². The van der Waals surface area contributed by atoms with Crippen LogP contribution in [-0.2, 0) is 0 Å². The van der Waals surface area contributed by atoms with Gasteiger partial charge in [0.25, 0.3) is 0 Å². The predicted octanol–water partition coefficient (Wildman–Crippen LogP) is 2.92. The number of hydrogen-bond acceptors (Lipinski definition) is 0. The molecule has 3 heteroatoms. The Morgan fingerprint density at radius 1 is 0.812 bits per heavy atom. The van der Waals surface area contributed by atoms with E-state index in [0.29, 0.717) is 0 Å². The lowest BCUT2D eigenvalue weighted by Gasteiger charge is -2.23. The fraction of sp³-hybridized carbons (Fsp3) is 0.0769. The molecule has 0 saturated heterocycles. The summed E-state index contributed by atoms with van der Waals surface area (Å²) in [5, 5.41) is 2.50. The molecule has 0 N–H and O–H groups in total. The molecular formula is C13H12BrClSi. The first-order valence-corrected chi connectivity index (χ1v) is 9.47. The van der Waals surface area contributed by atoms with Crippen molar-refractivity contribution in [2.75, 3.05) is 4.95 Å². The van der Waals surface area contributed by atoms with E-state index in [1.807, 2.05) is 36.4 Å². The minimum absolute atomic E-state index is 0.829. The van der Waals surface area contributed by atoms with Crippen molar-refractivity contribution in [3.63, 3.8) is 0 Å². The highest BCUT2D eigenvalue weighted by Crippen LogP contribution is 2.13. The maximum Gasteiger partial charge on any atom is 0.227 e. The highest BCUT2D eigenvalue weighted by atomic mass is 79.9. The normalized spacial score (nSPS) is 11.4. The molecule has 0 radical (unpaired) electrons. The molecule has 82 valence electrons. The molecule has 0 aliphatic rings. The average molecular weight is 312 g/mol. The Morgan fingerprint density at radius 2 is 1.19 bits per heavy atom. The zero-order valence-electron chi connectivity index (χ0n) is 8.74. The van der Waals surface area contributed by atoms with Crippen molar-refractivity contribution < 1.29 is 0 Å². The van der Waals surface area contributed by atoms with Gasteiger partial charge in [0.2, 0.25) is 7.38 Å². The van der Waals surface area contributed by atoms with E-state index in [2.05, 4.69) is 40.2 Å². The Bertz CT molecular complexity index is 405. The number of alkyl halides is 1. The zero-order chi connectivity index (χ0) is 11.4. The van der Waals surface area contributed by atoms with Crippen LogP contribution in [0, 0.1) is 0 Å². The van der Waals surface area contributed by atoms with Gasteiger partial charge in [-0.15, -0.1) is 0 Å². The van der Waals surface area contributed by atoms with Crippen LogP contribution in [0.3, 0.4) is 0 Å². The minimum atomic E-state index is -2.09. The Morgan fingerprint density at radius 3 is 1.50 bits per heavy atom. The molecular weight excluding hydrogens is 300 g/mol. The van der Waals surface area contributed by atoms with E-state index in [9.17, 15) is 0 Å². The van der Waals surface area contributed by atoms with E-state index in [1.54, 1.807) is 0 Å². The molecule has 0 nitrogen and oxygen atoms in total. The maximum atomic E-state index is 6.87.